The zero-order valence-corrected chi connectivity index (χ0v) is 8.82. The van der Waals surface area contributed by atoms with Crippen LogP contribution in [-0.2, 0) is 9.47 Å². The van der Waals surface area contributed by atoms with E-state index in [0.29, 0.717) is 0 Å². The summed E-state index contributed by atoms with van der Waals surface area (Å²) in [5.41, 5.74) is 5.61. The van der Waals surface area contributed by atoms with Crippen molar-refractivity contribution in [2.24, 2.45) is 5.73 Å². The van der Waals surface area contributed by atoms with Crippen molar-refractivity contribution in [3.63, 3.8) is 0 Å². The number of ether oxygens (including phenoxy) is 2. The molecule has 0 fully saturated rings. The molecule has 0 saturated carbocycles. The molecule has 2 N–H and O–H groups in total. The second-order valence-electron chi connectivity index (χ2n) is 2.62. The van der Waals surface area contributed by atoms with E-state index in [-0.39, 0.29) is 5.91 Å². The first-order valence-electron chi connectivity index (χ1n) is 4.05. The summed E-state index contributed by atoms with van der Waals surface area (Å²) >= 11 is 0. The minimum absolute atomic E-state index is 0.0000463. The molecule has 0 aromatic heterocycles. The van der Waals surface area contributed by atoms with Gasteiger partial charge in [-0.25, -0.2) is 0 Å². The number of hydrogen-bond donors (Lipinski definition) is 1. The molecule has 0 aliphatic carbocycles. The molecule has 0 saturated heterocycles. The number of nitrogens with two attached hydrogens (primary N) is 1. The van der Waals surface area contributed by atoms with Crippen molar-refractivity contribution in [2.45, 2.75) is 25.3 Å². The van der Waals surface area contributed by atoms with Crippen molar-refractivity contribution in [3.8, 4) is 0 Å². The Morgan fingerprint density at radius 2 is 1.91 bits per heavy atom. The highest BCUT2D eigenvalue weighted by atomic mass is 28.3. The van der Waals surface area contributed by atoms with Crippen LogP contribution in [0.3, 0.4) is 0 Å². The Kier molecular flexibility index (Phi) is 6.85. The molecule has 3 nitrogen and oxygen atoms in total. The van der Waals surface area contributed by atoms with Crippen molar-refractivity contribution in [1.29, 1.82) is 0 Å². The van der Waals surface area contributed by atoms with Crippen LogP contribution < -0.4 is 5.73 Å². The monoisotopic (exact) mass is 177 g/mol. The van der Waals surface area contributed by atoms with E-state index in [9.17, 15) is 0 Å². The molecule has 4 heteroatoms. The van der Waals surface area contributed by atoms with Gasteiger partial charge in [-0.05, 0) is 6.17 Å². The Labute approximate surface area is 70.5 Å². The maximum Gasteiger partial charge on any atom is 0.138 e. The summed E-state index contributed by atoms with van der Waals surface area (Å²) in [6.07, 6.45) is 1.94. The topological polar surface area (TPSA) is 44.5 Å². The lowest BCUT2D eigenvalue weighted by Crippen LogP contribution is -2.40. The van der Waals surface area contributed by atoms with Gasteiger partial charge in [-0.2, -0.15) is 0 Å². The molecule has 0 aromatic rings. The molecule has 0 aliphatic rings. The zero-order chi connectivity index (χ0) is 8.69. The Bertz CT molecular complexity index is 88.5. The van der Waals surface area contributed by atoms with Crippen molar-refractivity contribution >= 4 is 8.80 Å². The molecule has 0 spiro atoms. The average molecular weight is 177 g/mol. The predicted octanol–water partition coefficient (Wildman–Crippen LogP) is 0.279. The van der Waals surface area contributed by atoms with Crippen LogP contribution in [0.4, 0.5) is 0 Å². The molecule has 1 atom stereocenters. The van der Waals surface area contributed by atoms with Gasteiger partial charge in [0.25, 0.3) is 0 Å². The summed E-state index contributed by atoms with van der Waals surface area (Å²) in [6, 6.07) is 1.20. The normalized spacial score (nSPS) is 13.9. The van der Waals surface area contributed by atoms with Gasteiger partial charge in [0.1, 0.15) is 14.7 Å². The predicted molar refractivity (Wildman–Crippen MR) is 49.1 cm³/mol. The van der Waals surface area contributed by atoms with Gasteiger partial charge in [-0.3, -0.25) is 0 Å². The molecule has 0 aromatic carbocycles. The van der Waals surface area contributed by atoms with E-state index >= 15 is 0 Å². The first kappa shape index (κ1) is 11.1. The molecule has 1 unspecified atom stereocenters. The van der Waals surface area contributed by atoms with Gasteiger partial charge in [0.2, 0.25) is 0 Å². The van der Waals surface area contributed by atoms with Gasteiger partial charge in [0.05, 0.1) is 0 Å². The average Bonchev–Trinajstić information content (AvgIpc) is 2.05. The molecule has 0 rings (SSSR count). The third-order valence-electron chi connectivity index (χ3n) is 1.81. The van der Waals surface area contributed by atoms with E-state index in [1.165, 1.54) is 12.5 Å². The third kappa shape index (κ3) is 3.86. The van der Waals surface area contributed by atoms with E-state index in [0.717, 1.165) is 6.17 Å². The molecule has 0 aliphatic heterocycles. The summed E-state index contributed by atoms with van der Waals surface area (Å²) < 4.78 is 10.3. The fourth-order valence-electron chi connectivity index (χ4n) is 1.22. The second kappa shape index (κ2) is 6.79. The van der Waals surface area contributed by atoms with Crippen LogP contribution in [0.1, 0.15) is 13.3 Å². The zero-order valence-electron chi connectivity index (χ0n) is 7.67. The van der Waals surface area contributed by atoms with Crippen molar-refractivity contribution in [2.75, 3.05) is 20.4 Å². The van der Waals surface area contributed by atoms with Crippen LogP contribution >= 0.6 is 0 Å². The molecular formula is C7H19NO2Si. The highest BCUT2D eigenvalue weighted by Crippen LogP contribution is 2.04. The Hall–Kier alpha value is 0.0969. The van der Waals surface area contributed by atoms with Crippen molar-refractivity contribution in [1.82, 2.24) is 0 Å². The van der Waals surface area contributed by atoms with Crippen LogP contribution in [0.2, 0.25) is 6.04 Å². The van der Waals surface area contributed by atoms with Crippen LogP contribution in [-0.4, -0.2) is 35.1 Å². The molecule has 68 valence electrons. The lowest BCUT2D eigenvalue weighted by molar-refractivity contribution is -0.0474. The highest BCUT2D eigenvalue weighted by molar-refractivity contribution is 6.59. The largest absolute Gasteiger partial charge is 0.360 e. The summed E-state index contributed by atoms with van der Waals surface area (Å²) in [7, 11) is 2.37. The number of rotatable bonds is 6. The summed E-state index contributed by atoms with van der Waals surface area (Å²) in [4.78, 5) is 0. The van der Waals surface area contributed by atoms with Crippen molar-refractivity contribution < 1.29 is 9.47 Å². The minimum atomic E-state index is -0.995. The summed E-state index contributed by atoms with van der Waals surface area (Å²) in [5, 5.41) is 0. The summed E-state index contributed by atoms with van der Waals surface area (Å²) in [5.74, 6) is -0.0000463. The van der Waals surface area contributed by atoms with Crippen molar-refractivity contribution in [3.05, 3.63) is 0 Å². The number of methoxy groups -OCH3 is 2. The molecule has 0 heterocycles. The second-order valence-corrected chi connectivity index (χ2v) is 5.74. The Morgan fingerprint density at radius 3 is 2.18 bits per heavy atom. The van der Waals surface area contributed by atoms with Crippen LogP contribution in [0.15, 0.2) is 0 Å². The van der Waals surface area contributed by atoms with Crippen LogP contribution in [0, 0.1) is 0 Å². The highest BCUT2D eigenvalue weighted by Gasteiger charge is 2.19. The van der Waals surface area contributed by atoms with E-state index in [1.54, 1.807) is 14.2 Å². The summed E-state index contributed by atoms with van der Waals surface area (Å²) in [6.45, 7) is 2.16. The minimum Gasteiger partial charge on any atom is -0.360 e. The fraction of sp³-hybridized carbons (Fsp3) is 1.00. The van der Waals surface area contributed by atoms with E-state index in [4.69, 9.17) is 15.2 Å². The van der Waals surface area contributed by atoms with Gasteiger partial charge in [0.15, 0.2) is 0 Å². The first-order valence-corrected chi connectivity index (χ1v) is 6.35. The number of hydrogen-bond acceptors (Lipinski definition) is 3. The maximum atomic E-state index is 5.61. The quantitative estimate of drug-likeness (QED) is 0.468. The molecule has 11 heavy (non-hydrogen) atoms. The smallest absolute Gasteiger partial charge is 0.138 e. The molecular weight excluding hydrogens is 158 g/mol. The van der Waals surface area contributed by atoms with Gasteiger partial charge < -0.3 is 15.2 Å². The maximum absolute atomic E-state index is 5.61. The van der Waals surface area contributed by atoms with E-state index in [2.05, 4.69) is 6.92 Å². The Morgan fingerprint density at radius 1 is 1.36 bits per heavy atom. The van der Waals surface area contributed by atoms with Gasteiger partial charge in [-0.1, -0.05) is 19.4 Å². The molecule has 0 radical (unpaired) electrons. The van der Waals surface area contributed by atoms with Gasteiger partial charge in [0, 0.05) is 14.2 Å². The van der Waals surface area contributed by atoms with E-state index in [1.807, 2.05) is 0 Å². The van der Waals surface area contributed by atoms with Crippen LogP contribution in [0.25, 0.3) is 0 Å². The molecule has 0 bridgehead atoms. The Balaban J connectivity index is 3.76. The van der Waals surface area contributed by atoms with Gasteiger partial charge in [-0.15, -0.1) is 0 Å². The third-order valence-corrected chi connectivity index (χ3v) is 5.05. The van der Waals surface area contributed by atoms with Crippen LogP contribution in [0.5, 0.6) is 0 Å². The lowest BCUT2D eigenvalue weighted by atomic mass is 10.6. The molecule has 0 amide bonds. The fourth-order valence-corrected chi connectivity index (χ4v) is 3.46. The van der Waals surface area contributed by atoms with E-state index < -0.39 is 8.80 Å². The standard InChI is InChI=1S/C7H19NO2Si/c1-4-5-11(6-8)7(9-2)10-3/h7,11H,4-6,8H2,1-3H3. The van der Waals surface area contributed by atoms with Gasteiger partial charge >= 0.3 is 0 Å². The lowest BCUT2D eigenvalue weighted by Gasteiger charge is -2.21. The SMILES string of the molecule is CCC[SiH](CN)C(OC)OC. The first-order chi connectivity index (χ1) is 5.29.